The molecule has 1 aliphatic rings. The molecule has 0 spiro atoms. The Morgan fingerprint density at radius 3 is 2.82 bits per heavy atom. The zero-order valence-corrected chi connectivity index (χ0v) is 7.47. The first kappa shape index (κ1) is 8.56. The molecule has 0 aromatic rings. The Kier molecular flexibility index (Phi) is 2.91. The molecule has 1 unspecified atom stereocenters. The van der Waals surface area contributed by atoms with Gasteiger partial charge in [-0.2, -0.15) is 0 Å². The van der Waals surface area contributed by atoms with Crippen molar-refractivity contribution in [2.75, 3.05) is 0 Å². The van der Waals surface area contributed by atoms with E-state index in [0.29, 0.717) is 0 Å². The van der Waals surface area contributed by atoms with Crippen molar-refractivity contribution < 1.29 is 9.29 Å². The molecule has 0 aliphatic carbocycles. The molecule has 0 amide bonds. The smallest absolute Gasteiger partial charge is 0.123 e. The van der Waals surface area contributed by atoms with Crippen LogP contribution in [0.1, 0.15) is 13.8 Å². The number of hydrogen-bond donors (Lipinski definition) is 1. The van der Waals surface area contributed by atoms with Gasteiger partial charge < -0.3 is 9.29 Å². The van der Waals surface area contributed by atoms with Gasteiger partial charge in [0.05, 0.1) is 6.10 Å². The molecular formula is C8H12O2S. The molecule has 11 heavy (non-hydrogen) atoms. The standard InChI is InChI=1S/C8H12O2S/c1-7(2)10-11-5-3-4-8(9)6-11/h3-7,9H,1-2H3. The van der Waals surface area contributed by atoms with E-state index in [1.54, 1.807) is 17.6 Å². The largest absolute Gasteiger partial charge is 0.507 e. The van der Waals surface area contributed by atoms with E-state index >= 15 is 0 Å². The van der Waals surface area contributed by atoms with Gasteiger partial charge in [-0.1, -0.05) is 6.08 Å². The van der Waals surface area contributed by atoms with Crippen LogP contribution < -0.4 is 0 Å². The number of rotatable bonds is 2. The first-order chi connectivity index (χ1) is 5.18. The van der Waals surface area contributed by atoms with Crippen LogP contribution in [0.5, 0.6) is 0 Å². The summed E-state index contributed by atoms with van der Waals surface area (Å²) >= 11 is 0. The number of aliphatic hydroxyl groups is 1. The average molecular weight is 172 g/mol. The number of aliphatic hydroxyl groups excluding tert-OH is 1. The molecule has 62 valence electrons. The Labute approximate surface area is 69.3 Å². The highest BCUT2D eigenvalue weighted by Gasteiger charge is 1.99. The molecule has 0 aromatic heterocycles. The van der Waals surface area contributed by atoms with Crippen LogP contribution >= 0.6 is 10.8 Å². The third kappa shape index (κ3) is 2.91. The van der Waals surface area contributed by atoms with Crippen molar-refractivity contribution in [3.8, 4) is 0 Å². The molecule has 1 heterocycles. The van der Waals surface area contributed by atoms with Gasteiger partial charge in [0.25, 0.3) is 0 Å². The van der Waals surface area contributed by atoms with Gasteiger partial charge in [0.2, 0.25) is 0 Å². The lowest BCUT2D eigenvalue weighted by atomic mass is 10.5. The Balaban J connectivity index is 2.61. The number of hydrogen-bond acceptors (Lipinski definition) is 2. The zero-order chi connectivity index (χ0) is 8.27. The minimum atomic E-state index is -0.329. The summed E-state index contributed by atoms with van der Waals surface area (Å²) in [4.78, 5) is 0. The van der Waals surface area contributed by atoms with Gasteiger partial charge in [0.1, 0.15) is 5.76 Å². The lowest BCUT2D eigenvalue weighted by Crippen LogP contribution is -1.97. The van der Waals surface area contributed by atoms with E-state index in [1.165, 1.54) is 0 Å². The normalized spacial score (nSPS) is 23.2. The van der Waals surface area contributed by atoms with Crippen LogP contribution in [0.3, 0.4) is 0 Å². The summed E-state index contributed by atoms with van der Waals surface area (Å²) in [6.07, 6.45) is 3.65. The predicted molar refractivity (Wildman–Crippen MR) is 49.7 cm³/mol. The first-order valence-corrected chi connectivity index (χ1v) is 4.77. The highest BCUT2D eigenvalue weighted by atomic mass is 32.2. The van der Waals surface area contributed by atoms with Gasteiger partial charge in [-0.3, -0.25) is 0 Å². The Morgan fingerprint density at radius 1 is 1.55 bits per heavy atom. The first-order valence-electron chi connectivity index (χ1n) is 3.50. The Bertz CT molecular complexity index is 226. The van der Waals surface area contributed by atoms with E-state index in [1.807, 2.05) is 19.2 Å². The number of allylic oxidation sites excluding steroid dienone is 2. The van der Waals surface area contributed by atoms with Crippen molar-refractivity contribution in [2.24, 2.45) is 0 Å². The molecule has 2 nitrogen and oxygen atoms in total. The molecular weight excluding hydrogens is 160 g/mol. The SMILES string of the molecule is CC(C)OS1=CC=CC(O)=C1. The summed E-state index contributed by atoms with van der Waals surface area (Å²) in [6.45, 7) is 3.95. The van der Waals surface area contributed by atoms with E-state index in [0.717, 1.165) is 0 Å². The van der Waals surface area contributed by atoms with Crippen molar-refractivity contribution in [1.82, 2.24) is 0 Å². The van der Waals surface area contributed by atoms with E-state index in [2.05, 4.69) is 0 Å². The topological polar surface area (TPSA) is 29.5 Å². The van der Waals surface area contributed by atoms with Crippen LogP contribution in [-0.4, -0.2) is 16.6 Å². The predicted octanol–water partition coefficient (Wildman–Crippen LogP) is 2.37. The van der Waals surface area contributed by atoms with Gasteiger partial charge in [-0.05, 0) is 36.1 Å². The molecule has 0 saturated carbocycles. The molecule has 1 rings (SSSR count). The van der Waals surface area contributed by atoms with E-state index < -0.39 is 0 Å². The van der Waals surface area contributed by atoms with E-state index in [-0.39, 0.29) is 22.6 Å². The van der Waals surface area contributed by atoms with E-state index in [4.69, 9.17) is 9.29 Å². The quantitative estimate of drug-likeness (QED) is 0.648. The highest BCUT2D eigenvalue weighted by molar-refractivity contribution is 8.13. The lowest BCUT2D eigenvalue weighted by Gasteiger charge is -2.10. The summed E-state index contributed by atoms with van der Waals surface area (Å²) in [5, 5.41) is 12.7. The van der Waals surface area contributed by atoms with Crippen LogP contribution in [0.2, 0.25) is 0 Å². The summed E-state index contributed by atoms with van der Waals surface area (Å²) < 4.78 is 5.45. The van der Waals surface area contributed by atoms with E-state index in [9.17, 15) is 0 Å². The average Bonchev–Trinajstić information content (AvgIpc) is 1.85. The van der Waals surface area contributed by atoms with Gasteiger partial charge in [-0.25, -0.2) is 0 Å². The third-order valence-electron chi connectivity index (χ3n) is 1.02. The van der Waals surface area contributed by atoms with Gasteiger partial charge in [0.15, 0.2) is 0 Å². The van der Waals surface area contributed by atoms with Crippen molar-refractivity contribution >= 4 is 16.1 Å². The third-order valence-corrected chi connectivity index (χ3v) is 2.53. The van der Waals surface area contributed by atoms with Gasteiger partial charge in [-0.15, -0.1) is 0 Å². The monoisotopic (exact) mass is 172 g/mol. The van der Waals surface area contributed by atoms with Crippen LogP contribution in [0.15, 0.2) is 23.3 Å². The molecule has 1 atom stereocenters. The zero-order valence-electron chi connectivity index (χ0n) is 6.65. The maximum Gasteiger partial charge on any atom is 0.123 e. The summed E-state index contributed by atoms with van der Waals surface area (Å²) in [6, 6.07) is 0. The summed E-state index contributed by atoms with van der Waals surface area (Å²) in [5.41, 5.74) is 0. The van der Waals surface area contributed by atoms with Gasteiger partial charge >= 0.3 is 0 Å². The molecule has 0 aromatic carbocycles. The lowest BCUT2D eigenvalue weighted by molar-refractivity contribution is 0.290. The molecule has 0 saturated heterocycles. The minimum absolute atomic E-state index is 0.199. The molecule has 1 N–H and O–H groups in total. The molecule has 0 bridgehead atoms. The van der Waals surface area contributed by atoms with Crippen LogP contribution in [-0.2, 0) is 4.18 Å². The van der Waals surface area contributed by atoms with Crippen molar-refractivity contribution in [1.29, 1.82) is 0 Å². The fraction of sp³-hybridized carbons (Fsp3) is 0.375. The van der Waals surface area contributed by atoms with Crippen molar-refractivity contribution in [3.63, 3.8) is 0 Å². The summed E-state index contributed by atoms with van der Waals surface area (Å²) in [7, 11) is -0.329. The maximum atomic E-state index is 9.07. The minimum Gasteiger partial charge on any atom is -0.507 e. The van der Waals surface area contributed by atoms with Gasteiger partial charge in [0, 0.05) is 5.41 Å². The Morgan fingerprint density at radius 2 is 2.27 bits per heavy atom. The van der Waals surface area contributed by atoms with Crippen LogP contribution in [0.4, 0.5) is 0 Å². The molecule has 0 fully saturated rings. The molecule has 0 radical (unpaired) electrons. The Hall–Kier alpha value is -0.540. The van der Waals surface area contributed by atoms with Crippen molar-refractivity contribution in [2.45, 2.75) is 20.0 Å². The second kappa shape index (κ2) is 3.74. The second-order valence-electron chi connectivity index (χ2n) is 2.51. The van der Waals surface area contributed by atoms with Crippen molar-refractivity contribution in [3.05, 3.63) is 23.3 Å². The highest BCUT2D eigenvalue weighted by Crippen LogP contribution is 2.22. The fourth-order valence-corrected chi connectivity index (χ4v) is 1.89. The molecule has 1 aliphatic heterocycles. The molecule has 3 heteroatoms. The second-order valence-corrected chi connectivity index (χ2v) is 3.87. The fourth-order valence-electron chi connectivity index (χ4n) is 0.695. The maximum absolute atomic E-state index is 9.07. The summed E-state index contributed by atoms with van der Waals surface area (Å²) in [5.74, 6) is 0.288. The van der Waals surface area contributed by atoms with Crippen LogP contribution in [0.25, 0.3) is 0 Å². The van der Waals surface area contributed by atoms with Crippen LogP contribution in [0, 0.1) is 0 Å².